The van der Waals surface area contributed by atoms with Gasteiger partial charge in [-0.05, 0) is 72.3 Å². The van der Waals surface area contributed by atoms with Gasteiger partial charge in [0.15, 0.2) is 0 Å². The van der Waals surface area contributed by atoms with Gasteiger partial charge in [0.05, 0.1) is 7.11 Å². The Bertz CT molecular complexity index is 925. The monoisotopic (exact) mass is 374 g/mol. The summed E-state index contributed by atoms with van der Waals surface area (Å²) >= 11 is 0. The first kappa shape index (κ1) is 19.0. The lowest BCUT2D eigenvalue weighted by atomic mass is 9.88. The molecule has 3 heteroatoms. The van der Waals surface area contributed by atoms with E-state index in [0.717, 1.165) is 25.4 Å². The van der Waals surface area contributed by atoms with Crippen molar-refractivity contribution in [2.24, 2.45) is 0 Å². The molecule has 0 unspecified atom stereocenters. The first-order valence-corrected chi connectivity index (χ1v) is 10.3. The third-order valence-electron chi connectivity index (χ3n) is 5.98. The van der Waals surface area contributed by atoms with Crippen molar-refractivity contribution >= 4 is 10.8 Å². The predicted octanol–water partition coefficient (Wildman–Crippen LogP) is 5.17. The summed E-state index contributed by atoms with van der Waals surface area (Å²) in [7, 11) is 1.78. The third kappa shape index (κ3) is 4.06. The van der Waals surface area contributed by atoms with Crippen LogP contribution in [0.1, 0.15) is 48.4 Å². The van der Waals surface area contributed by atoms with E-state index in [9.17, 15) is 0 Å². The van der Waals surface area contributed by atoms with Gasteiger partial charge in [0.25, 0.3) is 0 Å². The van der Waals surface area contributed by atoms with Gasteiger partial charge in [0, 0.05) is 12.6 Å². The second-order valence-electron chi connectivity index (χ2n) is 7.77. The maximum atomic E-state index is 5.66. The van der Waals surface area contributed by atoms with Crippen molar-refractivity contribution in [1.82, 2.24) is 10.6 Å². The molecule has 1 aliphatic rings. The van der Waals surface area contributed by atoms with E-state index in [1.54, 1.807) is 7.11 Å². The summed E-state index contributed by atoms with van der Waals surface area (Å²) < 4.78 is 5.66. The second-order valence-corrected chi connectivity index (χ2v) is 7.77. The minimum absolute atomic E-state index is 0.288. The van der Waals surface area contributed by atoms with Crippen LogP contribution >= 0.6 is 0 Å². The highest BCUT2D eigenvalue weighted by atomic mass is 16.5. The van der Waals surface area contributed by atoms with Crippen LogP contribution in [0, 0.1) is 0 Å². The number of piperidine rings is 1. The Labute approximate surface area is 168 Å². The number of rotatable bonds is 6. The van der Waals surface area contributed by atoms with E-state index in [1.165, 1.54) is 40.3 Å². The van der Waals surface area contributed by atoms with E-state index in [0.29, 0.717) is 5.92 Å². The van der Waals surface area contributed by atoms with Gasteiger partial charge in [-0.2, -0.15) is 0 Å². The van der Waals surface area contributed by atoms with Gasteiger partial charge in [-0.1, -0.05) is 54.6 Å². The van der Waals surface area contributed by atoms with E-state index in [-0.39, 0.29) is 6.04 Å². The summed E-state index contributed by atoms with van der Waals surface area (Å²) in [5.41, 5.74) is 4.03. The van der Waals surface area contributed by atoms with E-state index in [4.69, 9.17) is 4.74 Å². The largest absolute Gasteiger partial charge is 0.496 e. The van der Waals surface area contributed by atoms with Crippen LogP contribution in [-0.2, 0) is 6.54 Å². The molecule has 4 rings (SSSR count). The molecule has 0 spiro atoms. The van der Waals surface area contributed by atoms with Crippen molar-refractivity contribution in [3.63, 3.8) is 0 Å². The van der Waals surface area contributed by atoms with Crippen LogP contribution in [-0.4, -0.2) is 20.2 Å². The highest BCUT2D eigenvalue weighted by Gasteiger charge is 2.19. The SMILES string of the molecule is COc1ccc(CN[C@H](C)c2cccc3ccccc23)cc1C1CCNCC1. The number of benzene rings is 3. The number of ether oxygens (including phenoxy) is 1. The number of hydrogen-bond donors (Lipinski definition) is 2. The molecule has 1 aliphatic heterocycles. The smallest absolute Gasteiger partial charge is 0.122 e. The van der Waals surface area contributed by atoms with Crippen LogP contribution < -0.4 is 15.4 Å². The quantitative estimate of drug-likeness (QED) is 0.625. The van der Waals surface area contributed by atoms with Crippen LogP contribution in [0.4, 0.5) is 0 Å². The van der Waals surface area contributed by atoms with Crippen LogP contribution in [0.5, 0.6) is 5.75 Å². The average molecular weight is 375 g/mol. The first-order chi connectivity index (χ1) is 13.8. The maximum absolute atomic E-state index is 5.66. The van der Waals surface area contributed by atoms with Crippen molar-refractivity contribution < 1.29 is 4.74 Å². The molecule has 1 saturated heterocycles. The van der Waals surface area contributed by atoms with Crippen LogP contribution in [0.3, 0.4) is 0 Å². The van der Waals surface area contributed by atoms with Gasteiger partial charge in [0.1, 0.15) is 5.75 Å². The van der Waals surface area contributed by atoms with E-state index >= 15 is 0 Å². The van der Waals surface area contributed by atoms with E-state index < -0.39 is 0 Å². The highest BCUT2D eigenvalue weighted by Crippen LogP contribution is 2.33. The number of methoxy groups -OCH3 is 1. The van der Waals surface area contributed by atoms with Gasteiger partial charge in [-0.25, -0.2) is 0 Å². The lowest BCUT2D eigenvalue weighted by Crippen LogP contribution is -2.27. The molecular weight excluding hydrogens is 344 g/mol. The Kier molecular flexibility index (Phi) is 5.94. The summed E-state index contributed by atoms with van der Waals surface area (Å²) in [4.78, 5) is 0. The lowest BCUT2D eigenvalue weighted by Gasteiger charge is -2.25. The van der Waals surface area contributed by atoms with Gasteiger partial charge < -0.3 is 15.4 Å². The Balaban J connectivity index is 1.51. The van der Waals surface area contributed by atoms with Gasteiger partial charge in [0.2, 0.25) is 0 Å². The highest BCUT2D eigenvalue weighted by molar-refractivity contribution is 5.86. The molecule has 146 valence electrons. The summed E-state index contributed by atoms with van der Waals surface area (Å²) in [5.74, 6) is 1.62. The van der Waals surface area contributed by atoms with E-state index in [2.05, 4.69) is 78.2 Å². The lowest BCUT2D eigenvalue weighted by molar-refractivity contribution is 0.391. The normalized spacial score (nSPS) is 16.2. The van der Waals surface area contributed by atoms with Crippen LogP contribution in [0.25, 0.3) is 10.8 Å². The topological polar surface area (TPSA) is 33.3 Å². The Hall–Kier alpha value is -2.36. The molecule has 0 bridgehead atoms. The molecule has 0 saturated carbocycles. The molecular formula is C25H30N2O. The fourth-order valence-electron chi connectivity index (χ4n) is 4.35. The Morgan fingerprint density at radius 1 is 1.04 bits per heavy atom. The van der Waals surface area contributed by atoms with Crippen LogP contribution in [0.2, 0.25) is 0 Å². The third-order valence-corrected chi connectivity index (χ3v) is 5.98. The molecule has 3 nitrogen and oxygen atoms in total. The fourth-order valence-corrected chi connectivity index (χ4v) is 4.35. The minimum atomic E-state index is 0.288. The van der Waals surface area contributed by atoms with Crippen molar-refractivity contribution in [2.75, 3.05) is 20.2 Å². The number of fused-ring (bicyclic) bond motifs is 1. The Morgan fingerprint density at radius 3 is 2.64 bits per heavy atom. The molecule has 1 atom stereocenters. The van der Waals surface area contributed by atoms with Crippen molar-refractivity contribution in [3.8, 4) is 5.75 Å². The van der Waals surface area contributed by atoms with Crippen LogP contribution in [0.15, 0.2) is 60.7 Å². The molecule has 3 aromatic carbocycles. The molecule has 0 amide bonds. The van der Waals surface area contributed by atoms with Gasteiger partial charge >= 0.3 is 0 Å². The number of hydrogen-bond acceptors (Lipinski definition) is 3. The summed E-state index contributed by atoms with van der Waals surface area (Å²) in [5, 5.41) is 9.80. The predicted molar refractivity (Wildman–Crippen MR) is 117 cm³/mol. The molecule has 1 heterocycles. The zero-order valence-electron chi connectivity index (χ0n) is 16.9. The fraction of sp³-hybridized carbons (Fsp3) is 0.360. The molecule has 0 aliphatic carbocycles. The second kappa shape index (κ2) is 8.76. The van der Waals surface area contributed by atoms with Gasteiger partial charge in [-0.3, -0.25) is 0 Å². The average Bonchev–Trinajstić information content (AvgIpc) is 2.77. The minimum Gasteiger partial charge on any atom is -0.496 e. The zero-order valence-corrected chi connectivity index (χ0v) is 16.9. The van der Waals surface area contributed by atoms with Crippen molar-refractivity contribution in [3.05, 3.63) is 77.4 Å². The van der Waals surface area contributed by atoms with E-state index in [1.807, 2.05) is 0 Å². The molecule has 0 radical (unpaired) electrons. The van der Waals surface area contributed by atoms with Gasteiger partial charge in [-0.15, -0.1) is 0 Å². The summed E-state index contributed by atoms with van der Waals surface area (Å²) in [6.45, 7) is 5.29. The van der Waals surface area contributed by atoms with Crippen molar-refractivity contribution in [2.45, 2.75) is 38.3 Å². The molecule has 3 aromatic rings. The zero-order chi connectivity index (χ0) is 19.3. The maximum Gasteiger partial charge on any atom is 0.122 e. The summed E-state index contributed by atoms with van der Waals surface area (Å²) in [6, 6.07) is 22.1. The Morgan fingerprint density at radius 2 is 1.82 bits per heavy atom. The summed E-state index contributed by atoms with van der Waals surface area (Å²) in [6.07, 6.45) is 2.36. The molecule has 0 aromatic heterocycles. The standard InChI is InChI=1S/C25H30N2O/c1-18(22-9-5-7-20-6-3-4-8-23(20)22)27-17-19-10-11-25(28-2)24(16-19)21-12-14-26-15-13-21/h3-11,16,18,21,26-27H,12-15,17H2,1-2H3/t18-/m1/s1. The van der Waals surface area contributed by atoms with Crippen molar-refractivity contribution in [1.29, 1.82) is 0 Å². The molecule has 28 heavy (non-hydrogen) atoms. The molecule has 1 fully saturated rings. The molecule has 2 N–H and O–H groups in total. The first-order valence-electron chi connectivity index (χ1n) is 10.3. The number of nitrogens with one attached hydrogen (secondary N) is 2.